The molecule has 3 saturated carbocycles. The van der Waals surface area contributed by atoms with Gasteiger partial charge in [0.15, 0.2) is 11.5 Å². The van der Waals surface area contributed by atoms with Crippen molar-refractivity contribution in [1.82, 2.24) is 25.0 Å². The van der Waals surface area contributed by atoms with Crippen LogP contribution in [0.3, 0.4) is 0 Å². The number of pyridine rings is 1. The predicted octanol–water partition coefficient (Wildman–Crippen LogP) is 2.20. The molecule has 8 rings (SSSR count). The quantitative estimate of drug-likeness (QED) is 0.700. The fourth-order valence-corrected chi connectivity index (χ4v) is 5.95. The van der Waals surface area contributed by atoms with Crippen LogP contribution in [0.2, 0.25) is 0 Å². The maximum absolute atomic E-state index is 13.4. The molecule has 3 aliphatic carbocycles. The Kier molecular flexibility index (Phi) is 3.46. The first-order valence-corrected chi connectivity index (χ1v) is 11.2. The summed E-state index contributed by atoms with van der Waals surface area (Å²) in [6.07, 6.45) is 6.20. The van der Waals surface area contributed by atoms with Gasteiger partial charge in [-0.15, -0.1) is 0 Å². The molecular weight excluding hydrogens is 394 g/mol. The van der Waals surface area contributed by atoms with Gasteiger partial charge in [-0.1, -0.05) is 0 Å². The molecule has 9 nitrogen and oxygen atoms in total. The lowest BCUT2D eigenvalue weighted by Gasteiger charge is -2.66. The number of aromatic amines is 1. The summed E-state index contributed by atoms with van der Waals surface area (Å²) in [6, 6.07) is 4.26. The number of morpholine rings is 1. The Morgan fingerprint density at radius 1 is 1.26 bits per heavy atom. The van der Waals surface area contributed by atoms with Gasteiger partial charge in [0.05, 0.1) is 42.2 Å². The first-order valence-electron chi connectivity index (χ1n) is 11.2. The zero-order valence-corrected chi connectivity index (χ0v) is 17.5. The Labute approximate surface area is 179 Å². The standard InChI is InChI=1S/C22H25N7O2/c1-13-12-31-7-6-27(13)18-8-16-20-15(26-29(21(20)24-18)17-4-5-23-25-17)2-3-19(30)28(16)22-9-14(10-22)11-22/h4-5,8,13-14H,2-3,6-7,9-12H2,1H3,(H,23,25)/t13-,14?,22?/m1/s1. The normalized spacial score (nSPS) is 29.6. The highest BCUT2D eigenvalue weighted by molar-refractivity contribution is 6.07. The molecule has 5 heterocycles. The van der Waals surface area contributed by atoms with Crippen LogP contribution in [0.4, 0.5) is 11.5 Å². The number of aromatic nitrogens is 5. The van der Waals surface area contributed by atoms with Gasteiger partial charge in [-0.25, -0.2) is 4.98 Å². The van der Waals surface area contributed by atoms with Crippen molar-refractivity contribution in [2.75, 3.05) is 29.6 Å². The summed E-state index contributed by atoms with van der Waals surface area (Å²) in [7, 11) is 0. The van der Waals surface area contributed by atoms with Crippen LogP contribution in [-0.4, -0.2) is 62.2 Å². The van der Waals surface area contributed by atoms with Gasteiger partial charge in [0.1, 0.15) is 5.82 Å². The topological polar surface area (TPSA) is 92.2 Å². The maximum Gasteiger partial charge on any atom is 0.227 e. The van der Waals surface area contributed by atoms with E-state index in [0.717, 1.165) is 65.8 Å². The number of H-pyrrole nitrogens is 1. The van der Waals surface area contributed by atoms with E-state index in [1.165, 1.54) is 0 Å². The average molecular weight is 419 g/mol. The maximum atomic E-state index is 13.4. The smallest absolute Gasteiger partial charge is 0.227 e. The summed E-state index contributed by atoms with van der Waals surface area (Å²) in [5.41, 5.74) is 2.72. The number of ether oxygens (including phenoxy) is 1. The molecule has 4 fully saturated rings. The molecule has 3 aromatic heterocycles. The molecule has 9 heteroatoms. The van der Waals surface area contributed by atoms with Crippen molar-refractivity contribution in [3.05, 3.63) is 24.0 Å². The Bertz CT molecular complexity index is 1180. The third-order valence-corrected chi connectivity index (χ3v) is 7.60. The van der Waals surface area contributed by atoms with Crippen molar-refractivity contribution in [3.63, 3.8) is 0 Å². The van der Waals surface area contributed by atoms with Crippen LogP contribution in [-0.2, 0) is 16.0 Å². The highest BCUT2D eigenvalue weighted by Gasteiger charge is 2.62. The molecule has 0 spiro atoms. The summed E-state index contributed by atoms with van der Waals surface area (Å²) < 4.78 is 7.51. The summed E-state index contributed by atoms with van der Waals surface area (Å²) >= 11 is 0. The van der Waals surface area contributed by atoms with E-state index in [-0.39, 0.29) is 17.5 Å². The summed E-state index contributed by atoms with van der Waals surface area (Å²) in [5, 5.41) is 13.0. The minimum atomic E-state index is 0.00161. The number of nitrogens with one attached hydrogen (secondary N) is 1. The van der Waals surface area contributed by atoms with E-state index >= 15 is 0 Å². The minimum absolute atomic E-state index is 0.00161. The van der Waals surface area contributed by atoms with Gasteiger partial charge in [-0.05, 0) is 32.1 Å². The van der Waals surface area contributed by atoms with Gasteiger partial charge in [-0.2, -0.15) is 14.9 Å². The molecule has 1 saturated heterocycles. The van der Waals surface area contributed by atoms with Gasteiger partial charge in [0.25, 0.3) is 0 Å². The molecule has 31 heavy (non-hydrogen) atoms. The van der Waals surface area contributed by atoms with Crippen molar-refractivity contribution in [3.8, 4) is 5.82 Å². The largest absolute Gasteiger partial charge is 0.377 e. The van der Waals surface area contributed by atoms with Crippen molar-refractivity contribution >= 4 is 28.4 Å². The van der Waals surface area contributed by atoms with Crippen molar-refractivity contribution < 1.29 is 9.53 Å². The number of aryl methyl sites for hydroxylation is 1. The SMILES string of the molecule is C[C@@H]1COCCN1c1cc2c3c(nn(-c4ccn[nH]4)c3n1)CCC(=O)N2C12CC(C1)C2. The lowest BCUT2D eigenvalue weighted by Crippen LogP contribution is -2.70. The average Bonchev–Trinajstić information content (AvgIpc) is 3.32. The molecule has 5 aliphatic rings. The van der Waals surface area contributed by atoms with E-state index in [0.29, 0.717) is 26.1 Å². The number of rotatable bonds is 3. The Balaban J connectivity index is 1.49. The van der Waals surface area contributed by atoms with Crippen LogP contribution in [0.15, 0.2) is 18.3 Å². The summed E-state index contributed by atoms with van der Waals surface area (Å²) in [6.45, 7) is 4.29. The summed E-state index contributed by atoms with van der Waals surface area (Å²) in [4.78, 5) is 22.9. The second kappa shape index (κ2) is 6.06. The molecule has 1 atom stereocenters. The van der Waals surface area contributed by atoms with E-state index in [9.17, 15) is 4.79 Å². The first-order chi connectivity index (χ1) is 15.1. The number of carbonyl (C=O) groups is 1. The molecular formula is C22H25N7O2. The van der Waals surface area contributed by atoms with Crippen LogP contribution in [0.5, 0.6) is 0 Å². The third-order valence-electron chi connectivity index (χ3n) is 7.60. The molecule has 160 valence electrons. The van der Waals surface area contributed by atoms with Crippen LogP contribution in [0, 0.1) is 5.92 Å². The number of nitrogens with zero attached hydrogens (tertiary/aromatic N) is 6. The van der Waals surface area contributed by atoms with E-state index in [4.69, 9.17) is 14.8 Å². The Morgan fingerprint density at radius 2 is 2.13 bits per heavy atom. The van der Waals surface area contributed by atoms with Gasteiger partial charge in [0.2, 0.25) is 5.91 Å². The van der Waals surface area contributed by atoms with Gasteiger partial charge >= 0.3 is 0 Å². The fraction of sp³-hybridized carbons (Fsp3) is 0.545. The van der Waals surface area contributed by atoms with Crippen LogP contribution >= 0.6 is 0 Å². The van der Waals surface area contributed by atoms with E-state index in [1.54, 1.807) is 6.20 Å². The van der Waals surface area contributed by atoms with Crippen molar-refractivity contribution in [2.45, 2.75) is 50.6 Å². The number of hydrogen-bond acceptors (Lipinski definition) is 6. The lowest BCUT2D eigenvalue weighted by molar-refractivity contribution is -0.125. The Morgan fingerprint density at radius 3 is 2.84 bits per heavy atom. The van der Waals surface area contributed by atoms with Crippen molar-refractivity contribution in [1.29, 1.82) is 0 Å². The second-order valence-electron chi connectivity index (χ2n) is 9.55. The molecule has 0 unspecified atom stereocenters. The van der Waals surface area contributed by atoms with Gasteiger partial charge in [0, 0.05) is 37.1 Å². The molecule has 0 radical (unpaired) electrons. The van der Waals surface area contributed by atoms with Crippen LogP contribution in [0.1, 0.15) is 38.3 Å². The minimum Gasteiger partial charge on any atom is -0.377 e. The van der Waals surface area contributed by atoms with E-state index in [2.05, 4.69) is 33.0 Å². The van der Waals surface area contributed by atoms with Gasteiger partial charge in [-0.3, -0.25) is 9.89 Å². The van der Waals surface area contributed by atoms with Crippen molar-refractivity contribution in [2.24, 2.45) is 5.92 Å². The lowest BCUT2D eigenvalue weighted by atomic mass is 9.49. The number of hydrogen-bond donors (Lipinski definition) is 1. The first kappa shape index (κ1) is 17.7. The second-order valence-corrected chi connectivity index (χ2v) is 9.55. The highest BCUT2D eigenvalue weighted by atomic mass is 16.5. The molecule has 1 amide bonds. The van der Waals surface area contributed by atoms with Crippen LogP contribution < -0.4 is 9.80 Å². The molecule has 2 bridgehead atoms. The number of amides is 1. The predicted molar refractivity (Wildman–Crippen MR) is 115 cm³/mol. The fourth-order valence-electron chi connectivity index (χ4n) is 5.95. The monoisotopic (exact) mass is 419 g/mol. The molecule has 0 aromatic carbocycles. The number of anilines is 2. The summed E-state index contributed by atoms with van der Waals surface area (Å²) in [5.74, 6) is 2.68. The van der Waals surface area contributed by atoms with Gasteiger partial charge < -0.3 is 14.5 Å². The zero-order chi connectivity index (χ0) is 20.7. The van der Waals surface area contributed by atoms with E-state index in [1.807, 2.05) is 10.7 Å². The zero-order valence-electron chi connectivity index (χ0n) is 17.5. The Hall–Kier alpha value is -2.94. The third kappa shape index (κ3) is 2.35. The molecule has 1 N–H and O–H groups in total. The number of carbonyl (C=O) groups excluding carboxylic acids is 1. The molecule has 2 aliphatic heterocycles. The van der Waals surface area contributed by atoms with Crippen LogP contribution in [0.25, 0.3) is 16.9 Å². The highest BCUT2D eigenvalue weighted by Crippen LogP contribution is 2.62. The molecule has 3 aromatic rings. The van der Waals surface area contributed by atoms with E-state index < -0.39 is 0 Å².